The molecule has 174 valence electrons. The van der Waals surface area contributed by atoms with Crippen molar-refractivity contribution in [2.45, 2.75) is 26.4 Å². The van der Waals surface area contributed by atoms with Crippen LogP contribution in [0.25, 0.3) is 11.3 Å². The summed E-state index contributed by atoms with van der Waals surface area (Å²) in [6.45, 7) is 3.44. The molecule has 35 heavy (non-hydrogen) atoms. The summed E-state index contributed by atoms with van der Waals surface area (Å²) >= 11 is 0. The van der Waals surface area contributed by atoms with Gasteiger partial charge in [0.2, 0.25) is 0 Å². The Labute approximate surface area is 201 Å². The van der Waals surface area contributed by atoms with Crippen molar-refractivity contribution in [1.29, 1.82) is 0 Å². The van der Waals surface area contributed by atoms with Crippen LogP contribution in [0.3, 0.4) is 0 Å². The topological polar surface area (TPSA) is 103 Å². The number of aryl methyl sites for hydroxylation is 1. The van der Waals surface area contributed by atoms with Gasteiger partial charge < -0.3 is 15.2 Å². The van der Waals surface area contributed by atoms with Crippen molar-refractivity contribution in [3.8, 4) is 23.1 Å². The molecule has 0 aliphatic carbocycles. The number of hydrogen-bond acceptors (Lipinski definition) is 6. The zero-order chi connectivity index (χ0) is 24.4. The van der Waals surface area contributed by atoms with Crippen LogP contribution in [0.2, 0.25) is 0 Å². The highest BCUT2D eigenvalue weighted by molar-refractivity contribution is 5.95. The van der Waals surface area contributed by atoms with E-state index >= 15 is 4.39 Å². The molecule has 5 rings (SSSR count). The number of benzene rings is 1. The standard InChI is InChI=1S/C26H22FN7O/c1-2-22-20(6-3-17-4-8-23(28)30-14-17)25(32-16-31-22)18-5-7-19(21(27)13-18)26(35)34-12-11-33-10-9-29-24(33)15-34/h4-5,7-10,13-14,16H,2,11-12,15H2,1H3,(H2,28,30). The van der Waals surface area contributed by atoms with Crippen molar-refractivity contribution in [2.24, 2.45) is 0 Å². The second-order valence-electron chi connectivity index (χ2n) is 8.08. The highest BCUT2D eigenvalue weighted by atomic mass is 19.1. The summed E-state index contributed by atoms with van der Waals surface area (Å²) in [6.07, 6.45) is 7.24. The van der Waals surface area contributed by atoms with Gasteiger partial charge in [-0.05, 0) is 30.7 Å². The number of nitrogens with zero attached hydrogens (tertiary/aromatic N) is 6. The van der Waals surface area contributed by atoms with Crippen molar-refractivity contribution in [3.05, 3.63) is 89.3 Å². The molecule has 0 saturated heterocycles. The van der Waals surface area contributed by atoms with E-state index in [-0.39, 0.29) is 11.5 Å². The molecule has 2 N–H and O–H groups in total. The van der Waals surface area contributed by atoms with Crippen molar-refractivity contribution < 1.29 is 9.18 Å². The molecule has 0 spiro atoms. The molecule has 4 heterocycles. The van der Waals surface area contributed by atoms with E-state index in [0.29, 0.717) is 54.3 Å². The molecular formula is C26H22FN7O. The van der Waals surface area contributed by atoms with Crippen LogP contribution in [0.15, 0.2) is 55.2 Å². The van der Waals surface area contributed by atoms with Gasteiger partial charge >= 0.3 is 0 Å². The lowest BCUT2D eigenvalue weighted by Crippen LogP contribution is -2.38. The van der Waals surface area contributed by atoms with Crippen LogP contribution in [0.4, 0.5) is 10.2 Å². The molecular weight excluding hydrogens is 445 g/mol. The van der Waals surface area contributed by atoms with Gasteiger partial charge in [0.25, 0.3) is 5.91 Å². The number of amides is 1. The third kappa shape index (κ3) is 4.46. The first-order valence-corrected chi connectivity index (χ1v) is 11.2. The van der Waals surface area contributed by atoms with Gasteiger partial charge in [-0.1, -0.05) is 24.8 Å². The summed E-state index contributed by atoms with van der Waals surface area (Å²) in [5, 5.41) is 0. The van der Waals surface area contributed by atoms with Crippen LogP contribution in [0.1, 0.15) is 39.9 Å². The van der Waals surface area contributed by atoms with Crippen molar-refractivity contribution >= 4 is 11.7 Å². The second kappa shape index (κ2) is 9.35. The summed E-state index contributed by atoms with van der Waals surface area (Å²) in [5.74, 6) is 6.40. The highest BCUT2D eigenvalue weighted by Crippen LogP contribution is 2.26. The first kappa shape index (κ1) is 22.2. The number of pyridine rings is 1. The first-order valence-electron chi connectivity index (χ1n) is 11.2. The van der Waals surface area contributed by atoms with Gasteiger partial charge in [0.1, 0.15) is 23.8 Å². The van der Waals surface area contributed by atoms with E-state index in [1.54, 1.807) is 35.5 Å². The van der Waals surface area contributed by atoms with Gasteiger partial charge in [0, 0.05) is 42.8 Å². The Hall–Kier alpha value is -4.58. The van der Waals surface area contributed by atoms with Crippen LogP contribution in [0.5, 0.6) is 0 Å². The number of halogens is 1. The maximum absolute atomic E-state index is 15.2. The van der Waals surface area contributed by atoms with Gasteiger partial charge in [0.05, 0.1) is 29.1 Å². The molecule has 8 nitrogen and oxygen atoms in total. The predicted octanol–water partition coefficient (Wildman–Crippen LogP) is 3.07. The maximum Gasteiger partial charge on any atom is 0.257 e. The fourth-order valence-electron chi connectivity index (χ4n) is 4.01. The minimum absolute atomic E-state index is 0.0131. The normalized spacial score (nSPS) is 12.6. The highest BCUT2D eigenvalue weighted by Gasteiger charge is 2.25. The molecule has 0 atom stereocenters. The zero-order valence-electron chi connectivity index (χ0n) is 19.1. The molecule has 0 saturated carbocycles. The Morgan fingerprint density at radius 2 is 2.00 bits per heavy atom. The Morgan fingerprint density at radius 1 is 1.11 bits per heavy atom. The first-order chi connectivity index (χ1) is 17.0. The molecule has 1 aliphatic rings. The van der Waals surface area contributed by atoms with E-state index in [1.807, 2.05) is 17.7 Å². The third-order valence-corrected chi connectivity index (χ3v) is 5.88. The lowest BCUT2D eigenvalue weighted by Gasteiger charge is -2.28. The van der Waals surface area contributed by atoms with Gasteiger partial charge in [-0.15, -0.1) is 0 Å². The lowest BCUT2D eigenvalue weighted by atomic mass is 10.0. The van der Waals surface area contributed by atoms with Crippen LogP contribution in [-0.4, -0.2) is 41.9 Å². The van der Waals surface area contributed by atoms with E-state index < -0.39 is 5.82 Å². The third-order valence-electron chi connectivity index (χ3n) is 5.88. The monoisotopic (exact) mass is 467 g/mol. The average Bonchev–Trinajstić information content (AvgIpc) is 3.36. The smallest absolute Gasteiger partial charge is 0.257 e. The quantitative estimate of drug-likeness (QED) is 0.465. The molecule has 9 heteroatoms. The molecule has 1 amide bonds. The Balaban J connectivity index is 1.46. The molecule has 0 unspecified atom stereocenters. The number of nitrogens with two attached hydrogens (primary N) is 1. The number of carbonyl (C=O) groups is 1. The van der Waals surface area contributed by atoms with Crippen LogP contribution in [0, 0.1) is 17.7 Å². The van der Waals surface area contributed by atoms with Crippen LogP contribution in [-0.2, 0) is 19.5 Å². The minimum atomic E-state index is -0.611. The summed E-state index contributed by atoms with van der Waals surface area (Å²) in [5.41, 5.74) is 8.72. The predicted molar refractivity (Wildman–Crippen MR) is 128 cm³/mol. The molecule has 0 radical (unpaired) electrons. The van der Waals surface area contributed by atoms with Gasteiger partial charge in [-0.25, -0.2) is 24.3 Å². The van der Waals surface area contributed by atoms with E-state index in [1.165, 1.54) is 18.5 Å². The Bertz CT molecular complexity index is 1470. The van der Waals surface area contributed by atoms with Crippen molar-refractivity contribution in [3.63, 3.8) is 0 Å². The lowest BCUT2D eigenvalue weighted by molar-refractivity contribution is 0.0703. The van der Waals surface area contributed by atoms with Gasteiger partial charge in [-0.2, -0.15) is 0 Å². The molecule has 3 aromatic heterocycles. The zero-order valence-corrected chi connectivity index (χ0v) is 19.1. The average molecular weight is 468 g/mol. The summed E-state index contributed by atoms with van der Waals surface area (Å²) in [6, 6.07) is 7.98. The Morgan fingerprint density at radius 3 is 2.77 bits per heavy atom. The SMILES string of the molecule is CCc1ncnc(-c2ccc(C(=O)N3CCn4ccnc4C3)c(F)c2)c1C#Cc1ccc(N)nc1. The number of nitrogen functional groups attached to an aromatic ring is 1. The number of carbonyl (C=O) groups excluding carboxylic acids is 1. The Kier molecular flexibility index (Phi) is 5.94. The molecule has 1 aromatic carbocycles. The molecule has 0 fully saturated rings. The summed E-state index contributed by atoms with van der Waals surface area (Å²) in [4.78, 5) is 31.7. The number of fused-ring (bicyclic) bond motifs is 1. The fraction of sp³-hybridized carbons (Fsp3) is 0.192. The van der Waals surface area contributed by atoms with Crippen molar-refractivity contribution in [1.82, 2.24) is 29.4 Å². The number of anilines is 1. The molecule has 1 aliphatic heterocycles. The van der Waals surface area contributed by atoms with Crippen LogP contribution >= 0.6 is 0 Å². The maximum atomic E-state index is 15.2. The number of hydrogen-bond donors (Lipinski definition) is 1. The molecule has 0 bridgehead atoms. The molecule has 4 aromatic rings. The van der Waals surface area contributed by atoms with Gasteiger partial charge in [0.15, 0.2) is 0 Å². The fourth-order valence-corrected chi connectivity index (χ4v) is 4.01. The number of rotatable bonds is 3. The second-order valence-corrected chi connectivity index (χ2v) is 8.08. The van der Waals surface area contributed by atoms with E-state index in [0.717, 1.165) is 11.5 Å². The van der Waals surface area contributed by atoms with E-state index in [2.05, 4.69) is 31.8 Å². The summed E-state index contributed by atoms with van der Waals surface area (Å²) < 4.78 is 17.2. The number of aromatic nitrogens is 5. The van der Waals surface area contributed by atoms with Gasteiger partial charge in [-0.3, -0.25) is 4.79 Å². The largest absolute Gasteiger partial charge is 0.384 e. The van der Waals surface area contributed by atoms with E-state index in [9.17, 15) is 4.79 Å². The van der Waals surface area contributed by atoms with E-state index in [4.69, 9.17) is 5.73 Å². The minimum Gasteiger partial charge on any atom is -0.384 e. The van der Waals surface area contributed by atoms with Crippen LogP contribution < -0.4 is 5.73 Å². The van der Waals surface area contributed by atoms with Crippen molar-refractivity contribution in [2.75, 3.05) is 12.3 Å². The summed E-state index contributed by atoms with van der Waals surface area (Å²) in [7, 11) is 0. The number of imidazole rings is 1.